The first-order chi connectivity index (χ1) is 13.2. The standard InChI is InChI=1S/C20H28N2O6/c1-20(2,3)27-19(25)22-12-10-14(11-13-22)16(18(24)26-4)21-28-17(23)15-8-6-5-7-9-15/h5-9,14,16,21H,10-13H2,1-4H3/t16-/m0/s1. The summed E-state index contributed by atoms with van der Waals surface area (Å²) in [5.41, 5.74) is 2.38. The molecule has 1 aliphatic rings. The van der Waals surface area contributed by atoms with Crippen molar-refractivity contribution in [3.8, 4) is 0 Å². The summed E-state index contributed by atoms with van der Waals surface area (Å²) in [5, 5.41) is 0. The summed E-state index contributed by atoms with van der Waals surface area (Å²) in [4.78, 5) is 43.2. The van der Waals surface area contributed by atoms with Gasteiger partial charge in [0, 0.05) is 13.1 Å². The van der Waals surface area contributed by atoms with Gasteiger partial charge in [0.1, 0.15) is 11.6 Å². The molecule has 1 aliphatic heterocycles. The molecule has 0 saturated carbocycles. The third kappa shape index (κ3) is 6.23. The maximum Gasteiger partial charge on any atom is 0.410 e. The van der Waals surface area contributed by atoms with Crippen molar-refractivity contribution >= 4 is 18.0 Å². The van der Waals surface area contributed by atoms with Gasteiger partial charge in [-0.15, -0.1) is 5.48 Å². The molecule has 8 nitrogen and oxygen atoms in total. The van der Waals surface area contributed by atoms with Gasteiger partial charge in [0.05, 0.1) is 12.7 Å². The predicted molar refractivity (Wildman–Crippen MR) is 101 cm³/mol. The van der Waals surface area contributed by atoms with Crippen molar-refractivity contribution in [2.45, 2.75) is 45.3 Å². The summed E-state index contributed by atoms with van der Waals surface area (Å²) in [6.07, 6.45) is 0.730. The molecule has 0 bridgehead atoms. The monoisotopic (exact) mass is 392 g/mol. The van der Waals surface area contributed by atoms with E-state index in [0.717, 1.165) is 0 Å². The fourth-order valence-electron chi connectivity index (χ4n) is 2.96. The van der Waals surface area contributed by atoms with Gasteiger partial charge in [-0.3, -0.25) is 4.79 Å². The molecule has 28 heavy (non-hydrogen) atoms. The zero-order valence-electron chi connectivity index (χ0n) is 16.8. The van der Waals surface area contributed by atoms with Crippen molar-refractivity contribution in [2.24, 2.45) is 5.92 Å². The van der Waals surface area contributed by atoms with Crippen LogP contribution in [0.4, 0.5) is 4.79 Å². The highest BCUT2D eigenvalue weighted by atomic mass is 16.7. The number of benzene rings is 1. The average molecular weight is 392 g/mol. The first-order valence-corrected chi connectivity index (χ1v) is 9.29. The Balaban J connectivity index is 1.93. The number of carbonyl (C=O) groups is 3. The minimum atomic E-state index is -0.807. The molecule has 0 unspecified atom stereocenters. The summed E-state index contributed by atoms with van der Waals surface area (Å²) >= 11 is 0. The Labute approximate surface area is 165 Å². The number of hydroxylamine groups is 1. The van der Waals surface area contributed by atoms with Crippen LogP contribution in [0, 0.1) is 5.92 Å². The molecule has 8 heteroatoms. The fourth-order valence-corrected chi connectivity index (χ4v) is 2.96. The van der Waals surface area contributed by atoms with E-state index < -0.39 is 23.6 Å². The van der Waals surface area contributed by atoms with Crippen LogP contribution in [0.15, 0.2) is 30.3 Å². The molecule has 1 aromatic rings. The number of methoxy groups -OCH3 is 1. The van der Waals surface area contributed by atoms with Crippen LogP contribution in [-0.4, -0.2) is 54.8 Å². The summed E-state index contributed by atoms with van der Waals surface area (Å²) in [7, 11) is 1.28. The lowest BCUT2D eigenvalue weighted by Crippen LogP contribution is -2.50. The van der Waals surface area contributed by atoms with Crippen molar-refractivity contribution in [3.05, 3.63) is 35.9 Å². The predicted octanol–water partition coefficient (Wildman–Crippen LogP) is 2.54. The molecule has 1 amide bonds. The van der Waals surface area contributed by atoms with Crippen LogP contribution in [0.5, 0.6) is 0 Å². The Kier molecular flexibility index (Phi) is 7.39. The highest BCUT2D eigenvalue weighted by molar-refractivity contribution is 5.89. The molecule has 154 valence electrons. The molecule has 0 aromatic heterocycles. The normalized spacial score (nSPS) is 16.2. The Morgan fingerprint density at radius 1 is 1.11 bits per heavy atom. The van der Waals surface area contributed by atoms with Gasteiger partial charge in [0.2, 0.25) is 0 Å². The Morgan fingerprint density at radius 2 is 1.71 bits per heavy atom. The van der Waals surface area contributed by atoms with Gasteiger partial charge in [-0.25, -0.2) is 9.59 Å². The molecule has 1 N–H and O–H groups in total. The lowest BCUT2D eigenvalue weighted by molar-refractivity contribution is -0.148. The third-order valence-corrected chi connectivity index (χ3v) is 4.41. The number of ether oxygens (including phenoxy) is 2. The second-order valence-electron chi connectivity index (χ2n) is 7.68. The molecule has 0 aliphatic carbocycles. The van der Waals surface area contributed by atoms with Gasteiger partial charge in [-0.1, -0.05) is 18.2 Å². The number of rotatable bonds is 5. The van der Waals surface area contributed by atoms with Crippen molar-refractivity contribution in [2.75, 3.05) is 20.2 Å². The smallest absolute Gasteiger partial charge is 0.410 e. The topological polar surface area (TPSA) is 94.2 Å². The molecule has 1 heterocycles. The SMILES string of the molecule is COC(=O)[C@@H](NOC(=O)c1ccccc1)C1CCN(C(=O)OC(C)(C)C)CC1. The van der Waals surface area contributed by atoms with E-state index in [2.05, 4.69) is 5.48 Å². The summed E-state index contributed by atoms with van der Waals surface area (Å²) in [5.74, 6) is -1.24. The van der Waals surface area contributed by atoms with Gasteiger partial charge in [-0.05, 0) is 51.7 Å². The molecular weight excluding hydrogens is 364 g/mol. The summed E-state index contributed by atoms with van der Waals surface area (Å²) in [6.45, 7) is 6.34. The van der Waals surface area contributed by atoms with Crippen molar-refractivity contribution < 1.29 is 28.7 Å². The van der Waals surface area contributed by atoms with E-state index in [1.54, 1.807) is 35.2 Å². The highest BCUT2D eigenvalue weighted by Gasteiger charge is 2.35. The van der Waals surface area contributed by atoms with E-state index in [4.69, 9.17) is 14.3 Å². The molecule has 1 saturated heterocycles. The van der Waals surface area contributed by atoms with E-state index in [1.165, 1.54) is 7.11 Å². The van der Waals surface area contributed by atoms with E-state index in [0.29, 0.717) is 31.5 Å². The molecule has 1 aromatic carbocycles. The molecule has 0 spiro atoms. The minimum absolute atomic E-state index is 0.144. The Hall–Kier alpha value is -2.61. The van der Waals surface area contributed by atoms with Crippen molar-refractivity contribution in [1.29, 1.82) is 0 Å². The minimum Gasteiger partial charge on any atom is -0.468 e. The molecule has 1 atom stereocenters. The van der Waals surface area contributed by atoms with E-state index >= 15 is 0 Å². The molecular formula is C20H28N2O6. The third-order valence-electron chi connectivity index (χ3n) is 4.41. The molecule has 0 radical (unpaired) electrons. The number of hydrogen-bond acceptors (Lipinski definition) is 7. The highest BCUT2D eigenvalue weighted by Crippen LogP contribution is 2.23. The quantitative estimate of drug-likeness (QED) is 0.467. The van der Waals surface area contributed by atoms with E-state index in [9.17, 15) is 14.4 Å². The lowest BCUT2D eigenvalue weighted by Gasteiger charge is -2.35. The van der Waals surface area contributed by atoms with Gasteiger partial charge in [0.15, 0.2) is 0 Å². The van der Waals surface area contributed by atoms with E-state index in [1.807, 2.05) is 20.8 Å². The first-order valence-electron chi connectivity index (χ1n) is 9.29. The number of nitrogens with one attached hydrogen (secondary N) is 1. The van der Waals surface area contributed by atoms with Gasteiger partial charge < -0.3 is 19.2 Å². The maximum absolute atomic E-state index is 12.2. The zero-order chi connectivity index (χ0) is 20.7. The first kappa shape index (κ1) is 21.7. The zero-order valence-corrected chi connectivity index (χ0v) is 16.8. The molecule has 1 fully saturated rings. The van der Waals surface area contributed by atoms with Crippen molar-refractivity contribution in [1.82, 2.24) is 10.4 Å². The Bertz CT molecular complexity index is 678. The number of carbonyl (C=O) groups excluding carboxylic acids is 3. The second-order valence-corrected chi connectivity index (χ2v) is 7.68. The fraction of sp³-hybridized carbons (Fsp3) is 0.550. The summed E-state index contributed by atoms with van der Waals surface area (Å²) in [6, 6.07) is 7.67. The average Bonchev–Trinajstić information content (AvgIpc) is 2.67. The maximum atomic E-state index is 12.2. The number of nitrogens with zero attached hydrogens (tertiary/aromatic N) is 1. The van der Waals surface area contributed by atoms with Crippen molar-refractivity contribution in [3.63, 3.8) is 0 Å². The largest absolute Gasteiger partial charge is 0.468 e. The van der Waals surface area contributed by atoms with Crippen LogP contribution in [0.1, 0.15) is 44.0 Å². The number of esters is 1. The van der Waals surface area contributed by atoms with E-state index in [-0.39, 0.29) is 12.0 Å². The van der Waals surface area contributed by atoms with Gasteiger partial charge >= 0.3 is 18.0 Å². The van der Waals surface area contributed by atoms with Crippen LogP contribution >= 0.6 is 0 Å². The van der Waals surface area contributed by atoms with Crippen LogP contribution in [0.2, 0.25) is 0 Å². The lowest BCUT2D eigenvalue weighted by atomic mass is 9.90. The second kappa shape index (κ2) is 9.54. The number of likely N-dealkylation sites (tertiary alicyclic amines) is 1. The number of amides is 1. The van der Waals surface area contributed by atoms with Crippen LogP contribution < -0.4 is 5.48 Å². The number of hydrogen-bond donors (Lipinski definition) is 1. The van der Waals surface area contributed by atoms with Crippen LogP contribution in [0.3, 0.4) is 0 Å². The number of piperidine rings is 1. The van der Waals surface area contributed by atoms with Crippen LogP contribution in [0.25, 0.3) is 0 Å². The van der Waals surface area contributed by atoms with Gasteiger partial charge in [0.25, 0.3) is 0 Å². The van der Waals surface area contributed by atoms with Crippen LogP contribution in [-0.2, 0) is 19.1 Å². The summed E-state index contributed by atoms with van der Waals surface area (Å²) < 4.78 is 10.2. The Morgan fingerprint density at radius 3 is 2.25 bits per heavy atom. The van der Waals surface area contributed by atoms with Gasteiger partial charge in [-0.2, -0.15) is 0 Å². The molecule has 2 rings (SSSR count).